The van der Waals surface area contributed by atoms with Crippen molar-refractivity contribution >= 4 is 48.8 Å². The van der Waals surface area contributed by atoms with Crippen LogP contribution < -0.4 is 16.0 Å². The Hall–Kier alpha value is -4.66. The van der Waals surface area contributed by atoms with Crippen LogP contribution in [0.25, 0.3) is 11.6 Å². The van der Waals surface area contributed by atoms with Crippen molar-refractivity contribution in [1.82, 2.24) is 20.5 Å². The number of fused-ring (bicyclic) bond motifs is 1. The number of amides is 4. The number of nitrogens with one attached hydrogen (secondary N) is 4. The van der Waals surface area contributed by atoms with Crippen molar-refractivity contribution in [3.8, 4) is 0 Å². The van der Waals surface area contributed by atoms with Crippen LogP contribution in [0.2, 0.25) is 0 Å². The predicted molar refractivity (Wildman–Crippen MR) is 195 cm³/mol. The normalized spacial score (nSPS) is 18.2. The van der Waals surface area contributed by atoms with Gasteiger partial charge >= 0.3 is 7.82 Å². The average Bonchev–Trinajstić information content (AvgIpc) is 3.76. The van der Waals surface area contributed by atoms with E-state index in [1.54, 1.807) is 36.4 Å². The number of aromatic amines is 1. The lowest BCUT2D eigenvalue weighted by Gasteiger charge is -2.28. The lowest BCUT2D eigenvalue weighted by atomic mass is 10.0. The zero-order valence-electron chi connectivity index (χ0n) is 29.6. The van der Waals surface area contributed by atoms with Gasteiger partial charge in [0.2, 0.25) is 11.8 Å². The van der Waals surface area contributed by atoms with Crippen molar-refractivity contribution in [3.63, 3.8) is 0 Å². The third kappa shape index (κ3) is 10.1. The molecule has 0 aliphatic carbocycles. The van der Waals surface area contributed by atoms with Crippen molar-refractivity contribution in [2.75, 3.05) is 31.6 Å². The Morgan fingerprint density at radius 3 is 2.60 bits per heavy atom. The summed E-state index contributed by atoms with van der Waals surface area (Å²) in [7, 11) is -4.65. The molecule has 1 saturated heterocycles. The fraction of sp³-hybridized carbons (Fsp3) is 0.405. The van der Waals surface area contributed by atoms with Crippen molar-refractivity contribution in [2.24, 2.45) is 5.92 Å². The van der Waals surface area contributed by atoms with Gasteiger partial charge in [-0.2, -0.15) is 0 Å². The molecule has 1 fully saturated rings. The first kappa shape index (κ1) is 39.5. The fourth-order valence-corrected chi connectivity index (χ4v) is 7.25. The van der Waals surface area contributed by atoms with E-state index >= 15 is 0 Å². The number of aromatic nitrogens is 1. The minimum absolute atomic E-state index is 0.0965. The van der Waals surface area contributed by atoms with E-state index in [-0.39, 0.29) is 50.4 Å². The summed E-state index contributed by atoms with van der Waals surface area (Å²) in [5.41, 5.74) is 4.97. The van der Waals surface area contributed by atoms with Gasteiger partial charge in [0.1, 0.15) is 11.9 Å². The highest BCUT2D eigenvalue weighted by Gasteiger charge is 2.42. The maximum absolute atomic E-state index is 14.0. The van der Waals surface area contributed by atoms with Gasteiger partial charge in [0.15, 0.2) is 0 Å². The van der Waals surface area contributed by atoms with Crippen molar-refractivity contribution in [2.45, 2.75) is 64.5 Å². The number of nitrogens with zero attached hydrogens (tertiary/aromatic N) is 1. The number of hydrogen-bond donors (Lipinski definition) is 7. The van der Waals surface area contributed by atoms with Gasteiger partial charge in [0.05, 0.1) is 18.2 Å². The highest BCUT2D eigenvalue weighted by molar-refractivity contribution is 7.46. The summed E-state index contributed by atoms with van der Waals surface area (Å²) in [6.07, 6.45) is 3.95. The zero-order chi connectivity index (χ0) is 38.3. The molecule has 2 aliphatic heterocycles. The lowest BCUT2D eigenvalue weighted by Crippen LogP contribution is -2.54. The second-order valence-electron chi connectivity index (χ2n) is 13.4. The molecule has 3 atom stereocenters. The summed E-state index contributed by atoms with van der Waals surface area (Å²) in [4.78, 5) is 75.8. The van der Waals surface area contributed by atoms with Crippen LogP contribution in [0, 0.1) is 25.6 Å². The van der Waals surface area contributed by atoms with E-state index < -0.39 is 37.5 Å². The second-order valence-corrected chi connectivity index (χ2v) is 14.6. The van der Waals surface area contributed by atoms with Crippen molar-refractivity contribution in [1.29, 1.82) is 0 Å². The molecular formula is C37H45FN5O9P. The maximum Gasteiger partial charge on any atom is 0.469 e. The molecule has 5 rings (SSSR count). The third-order valence-corrected chi connectivity index (χ3v) is 10.1. The predicted octanol–water partition coefficient (Wildman–Crippen LogP) is 3.60. The number of phosphoric ester groups is 1. The van der Waals surface area contributed by atoms with E-state index in [0.717, 1.165) is 16.8 Å². The SMILES string of the molecule is Cc1[nH]c(C=C2C(=O)Nc3ccc(F)cc32)c(C)c1CCC(=O)N[C@@H]1CCN(C(=O)c2ccccc2)[C@@H]1C(=O)NCCCCC(CO)COP(=O)(O)O. The van der Waals surface area contributed by atoms with E-state index in [1.165, 1.54) is 23.1 Å². The Balaban J connectivity index is 1.21. The van der Waals surface area contributed by atoms with Crippen LogP contribution in [0.5, 0.6) is 0 Å². The highest BCUT2D eigenvalue weighted by Crippen LogP contribution is 2.37. The number of carbonyl (C=O) groups is 4. The van der Waals surface area contributed by atoms with Gasteiger partial charge in [-0.15, -0.1) is 0 Å². The molecular weight excluding hydrogens is 708 g/mol. The summed E-state index contributed by atoms with van der Waals surface area (Å²) < 4.78 is 29.4. The number of benzene rings is 2. The van der Waals surface area contributed by atoms with Gasteiger partial charge < -0.3 is 40.7 Å². The molecule has 0 spiro atoms. The van der Waals surface area contributed by atoms with Crippen LogP contribution in [0.3, 0.4) is 0 Å². The summed E-state index contributed by atoms with van der Waals surface area (Å²) in [5.74, 6) is -2.33. The molecule has 4 amide bonds. The van der Waals surface area contributed by atoms with Gasteiger partial charge in [-0.05, 0) is 87.1 Å². The second kappa shape index (κ2) is 17.4. The third-order valence-electron chi connectivity index (χ3n) is 9.66. The highest BCUT2D eigenvalue weighted by atomic mass is 31.2. The number of aliphatic hydroxyl groups is 1. The van der Waals surface area contributed by atoms with Gasteiger partial charge in [0, 0.05) is 60.2 Å². The van der Waals surface area contributed by atoms with Crippen LogP contribution in [0.4, 0.5) is 10.1 Å². The molecule has 2 aromatic carbocycles. The van der Waals surface area contributed by atoms with Crippen molar-refractivity contribution in [3.05, 3.63) is 88.0 Å². The topological polar surface area (TPSA) is 210 Å². The Bertz CT molecular complexity index is 1910. The van der Waals surface area contributed by atoms with E-state index in [2.05, 4.69) is 25.5 Å². The summed E-state index contributed by atoms with van der Waals surface area (Å²) >= 11 is 0. The standard InChI is InChI=1S/C37H45FN5O9P/c1-22-27(23(2)40-32(22)19-29-28-18-26(38)11-13-30(28)42-35(29)46)12-14-33(45)41-31-15-17-43(37(48)25-9-4-3-5-10-25)34(31)36(47)39-16-7-6-8-24(20-44)21-52-53(49,50)51/h3-5,9-11,13,18-19,24,31,34,40,44H,6-8,12,14-17,20-21H2,1-2H3,(H,39,47)(H,41,45)(H,42,46)(H2,49,50,51)/t24?,31-,34+/m1/s1. The zero-order valence-corrected chi connectivity index (χ0v) is 30.5. The Kier molecular flexibility index (Phi) is 13.0. The van der Waals surface area contributed by atoms with Crippen LogP contribution in [0.1, 0.15) is 70.5 Å². The molecule has 1 unspecified atom stereocenters. The Morgan fingerprint density at radius 2 is 1.89 bits per heavy atom. The Morgan fingerprint density at radius 1 is 1.13 bits per heavy atom. The van der Waals surface area contributed by atoms with Crippen LogP contribution >= 0.6 is 7.82 Å². The molecule has 3 heterocycles. The van der Waals surface area contributed by atoms with Gasteiger partial charge in [-0.25, -0.2) is 8.96 Å². The number of likely N-dealkylation sites (tertiary alicyclic amines) is 1. The number of hydrogen-bond acceptors (Lipinski definition) is 7. The van der Waals surface area contributed by atoms with Crippen molar-refractivity contribution < 1.29 is 47.6 Å². The summed E-state index contributed by atoms with van der Waals surface area (Å²) in [5, 5.41) is 18.1. The molecule has 2 aliphatic rings. The van der Waals surface area contributed by atoms with Gasteiger partial charge in [0.25, 0.3) is 11.8 Å². The monoisotopic (exact) mass is 753 g/mol. The molecule has 0 radical (unpaired) electrons. The number of carbonyl (C=O) groups excluding carboxylic acids is 4. The number of rotatable bonds is 16. The number of unbranched alkanes of at least 4 members (excludes halogenated alkanes) is 1. The van der Waals surface area contributed by atoms with Gasteiger partial charge in [-0.1, -0.05) is 24.6 Å². The largest absolute Gasteiger partial charge is 0.469 e. The van der Waals surface area contributed by atoms with E-state index in [0.29, 0.717) is 60.2 Å². The van der Waals surface area contributed by atoms with E-state index in [9.17, 15) is 33.2 Å². The first-order chi connectivity index (χ1) is 25.3. The molecule has 53 heavy (non-hydrogen) atoms. The van der Waals surface area contributed by atoms with E-state index in [1.807, 2.05) is 13.8 Å². The molecule has 16 heteroatoms. The molecule has 7 N–H and O–H groups in total. The van der Waals surface area contributed by atoms with Crippen LogP contribution in [-0.4, -0.2) is 86.8 Å². The minimum Gasteiger partial charge on any atom is -0.396 e. The molecule has 284 valence electrons. The van der Waals surface area contributed by atoms with Gasteiger partial charge in [-0.3, -0.25) is 23.7 Å². The molecule has 1 aromatic heterocycles. The molecule has 3 aromatic rings. The number of aliphatic hydroxyl groups excluding tert-OH is 1. The first-order valence-corrected chi connectivity index (χ1v) is 19.0. The number of phosphoric acid groups is 1. The first-order valence-electron chi connectivity index (χ1n) is 17.5. The number of aryl methyl sites for hydroxylation is 1. The Labute approximate surface area is 306 Å². The summed E-state index contributed by atoms with van der Waals surface area (Å²) in [6.45, 7) is 3.63. The smallest absolute Gasteiger partial charge is 0.396 e. The fourth-order valence-electron chi connectivity index (χ4n) is 6.85. The number of H-pyrrole nitrogens is 1. The molecule has 0 bridgehead atoms. The minimum atomic E-state index is -4.65. The quantitative estimate of drug-likeness (QED) is 0.0647. The molecule has 0 saturated carbocycles. The average molecular weight is 754 g/mol. The molecule has 14 nitrogen and oxygen atoms in total. The lowest BCUT2D eigenvalue weighted by molar-refractivity contribution is -0.126. The number of halogens is 1. The van der Waals surface area contributed by atoms with Crippen LogP contribution in [-0.2, 0) is 29.9 Å². The van der Waals surface area contributed by atoms with E-state index in [4.69, 9.17) is 9.79 Å². The van der Waals surface area contributed by atoms with Crippen LogP contribution in [0.15, 0.2) is 48.5 Å². The summed E-state index contributed by atoms with van der Waals surface area (Å²) in [6, 6.07) is 11.1. The maximum atomic E-state index is 14.0. The number of anilines is 1.